The summed E-state index contributed by atoms with van der Waals surface area (Å²) >= 11 is 0. The Kier molecular flexibility index (Phi) is 5.07. The molecule has 5 nitrogen and oxygen atoms in total. The minimum atomic E-state index is -0.529. The Morgan fingerprint density at radius 3 is 2.80 bits per heavy atom. The maximum absolute atomic E-state index is 13.0. The van der Waals surface area contributed by atoms with Gasteiger partial charge in [0.2, 0.25) is 5.91 Å². The van der Waals surface area contributed by atoms with Gasteiger partial charge in [-0.2, -0.15) is 0 Å². The molecule has 0 radical (unpaired) electrons. The van der Waals surface area contributed by atoms with Crippen LogP contribution in [0.3, 0.4) is 0 Å². The second-order valence-electron chi connectivity index (χ2n) is 6.43. The molecule has 1 aromatic heterocycles. The number of halogens is 1. The molecule has 2 heterocycles. The molecule has 130 valence electrons. The molecule has 2 atom stereocenters. The van der Waals surface area contributed by atoms with Gasteiger partial charge in [0.15, 0.2) is 0 Å². The molecule has 1 aliphatic rings. The van der Waals surface area contributed by atoms with Gasteiger partial charge in [-0.05, 0) is 42.2 Å². The molecule has 1 fully saturated rings. The lowest BCUT2D eigenvalue weighted by molar-refractivity contribution is -0.125. The number of hydrogen-bond donors (Lipinski definition) is 2. The van der Waals surface area contributed by atoms with Crippen LogP contribution >= 0.6 is 0 Å². The number of amides is 2. The van der Waals surface area contributed by atoms with Crippen molar-refractivity contribution in [1.82, 2.24) is 15.6 Å². The topological polar surface area (TPSA) is 71.1 Å². The fourth-order valence-corrected chi connectivity index (χ4v) is 2.86. The van der Waals surface area contributed by atoms with Crippen LogP contribution in [0.1, 0.15) is 35.1 Å². The second kappa shape index (κ2) is 7.42. The van der Waals surface area contributed by atoms with Crippen LogP contribution in [0.15, 0.2) is 42.5 Å². The molecule has 0 spiro atoms. The molecule has 0 aliphatic carbocycles. The van der Waals surface area contributed by atoms with Crippen molar-refractivity contribution in [2.24, 2.45) is 5.92 Å². The van der Waals surface area contributed by atoms with Gasteiger partial charge in [-0.25, -0.2) is 9.37 Å². The maximum atomic E-state index is 13.0. The summed E-state index contributed by atoms with van der Waals surface area (Å²) in [5, 5.41) is 5.53. The summed E-state index contributed by atoms with van der Waals surface area (Å²) in [6, 6.07) is 10.8. The lowest BCUT2D eigenvalue weighted by Crippen LogP contribution is -2.52. The zero-order valence-corrected chi connectivity index (χ0v) is 14.0. The lowest BCUT2D eigenvalue weighted by atomic mass is 9.97. The number of carbonyl (C=O) groups is 2. The Balaban J connectivity index is 1.69. The molecule has 1 aromatic carbocycles. The molecular weight excluding hydrogens is 321 g/mol. The molecule has 1 unspecified atom stereocenters. The van der Waals surface area contributed by atoms with Crippen molar-refractivity contribution in [2.75, 3.05) is 6.54 Å². The average molecular weight is 341 g/mol. The van der Waals surface area contributed by atoms with Gasteiger partial charge in [0.25, 0.3) is 5.91 Å². The first-order valence-corrected chi connectivity index (χ1v) is 8.30. The van der Waals surface area contributed by atoms with Crippen molar-refractivity contribution in [3.05, 3.63) is 65.2 Å². The van der Waals surface area contributed by atoms with E-state index in [1.54, 1.807) is 24.3 Å². The second-order valence-corrected chi connectivity index (χ2v) is 6.43. The summed E-state index contributed by atoms with van der Waals surface area (Å²) in [7, 11) is 0. The molecule has 1 saturated heterocycles. The summed E-state index contributed by atoms with van der Waals surface area (Å²) in [5.41, 5.74) is 1.89. The smallest absolute Gasteiger partial charge is 0.270 e. The van der Waals surface area contributed by atoms with E-state index >= 15 is 0 Å². The minimum absolute atomic E-state index is 0.158. The molecule has 0 bridgehead atoms. The zero-order valence-electron chi connectivity index (χ0n) is 14.0. The molecule has 6 heteroatoms. The number of pyridine rings is 1. The van der Waals surface area contributed by atoms with Gasteiger partial charge in [-0.3, -0.25) is 9.59 Å². The monoisotopic (exact) mass is 341 g/mol. The number of aromatic nitrogens is 1. The number of piperidine rings is 1. The van der Waals surface area contributed by atoms with Crippen LogP contribution in [0, 0.1) is 11.7 Å². The highest BCUT2D eigenvalue weighted by atomic mass is 19.1. The van der Waals surface area contributed by atoms with E-state index in [9.17, 15) is 14.0 Å². The van der Waals surface area contributed by atoms with Crippen LogP contribution in [0.4, 0.5) is 4.39 Å². The largest absolute Gasteiger partial charge is 0.354 e. The van der Waals surface area contributed by atoms with Crippen molar-refractivity contribution >= 4 is 11.8 Å². The maximum Gasteiger partial charge on any atom is 0.270 e. The fraction of sp³-hybridized carbons (Fsp3) is 0.316. The Morgan fingerprint density at radius 1 is 1.28 bits per heavy atom. The average Bonchev–Trinajstić information content (AvgIpc) is 2.60. The first-order chi connectivity index (χ1) is 12.0. The first kappa shape index (κ1) is 17.1. The highest BCUT2D eigenvalue weighted by Crippen LogP contribution is 2.12. The molecule has 2 N–H and O–H groups in total. The summed E-state index contributed by atoms with van der Waals surface area (Å²) in [5.74, 6) is -0.491. The molecule has 2 amide bonds. The van der Waals surface area contributed by atoms with Gasteiger partial charge in [-0.1, -0.05) is 25.1 Å². The standard InChI is InChI=1S/C19H20FN3O2/c1-12-9-17(18(24)21-11-12)23-19(25)16-4-2-3-15(22-16)10-13-5-7-14(20)8-6-13/h2-8,12,17H,9-11H2,1H3,(H,21,24)(H,23,25)/t12?,17-/m0/s1. The summed E-state index contributed by atoms with van der Waals surface area (Å²) in [4.78, 5) is 28.6. The van der Waals surface area contributed by atoms with E-state index in [-0.39, 0.29) is 23.3 Å². The van der Waals surface area contributed by atoms with E-state index in [1.807, 2.05) is 13.0 Å². The van der Waals surface area contributed by atoms with Gasteiger partial charge >= 0.3 is 0 Å². The number of hydrogen-bond acceptors (Lipinski definition) is 3. The molecule has 3 rings (SSSR count). The highest BCUT2D eigenvalue weighted by Gasteiger charge is 2.28. The molecule has 0 saturated carbocycles. The predicted octanol–water partition coefficient (Wildman–Crippen LogP) is 2.07. The van der Waals surface area contributed by atoms with Crippen LogP contribution < -0.4 is 10.6 Å². The van der Waals surface area contributed by atoms with Gasteiger partial charge in [0, 0.05) is 18.7 Å². The third kappa shape index (κ3) is 4.41. The number of nitrogens with zero attached hydrogens (tertiary/aromatic N) is 1. The number of benzene rings is 1. The van der Waals surface area contributed by atoms with Crippen molar-refractivity contribution in [1.29, 1.82) is 0 Å². The van der Waals surface area contributed by atoms with E-state index in [4.69, 9.17) is 0 Å². The van der Waals surface area contributed by atoms with Crippen molar-refractivity contribution in [3.63, 3.8) is 0 Å². The van der Waals surface area contributed by atoms with Gasteiger partial charge in [0.1, 0.15) is 17.6 Å². The fourth-order valence-electron chi connectivity index (χ4n) is 2.86. The number of carbonyl (C=O) groups excluding carboxylic acids is 2. The predicted molar refractivity (Wildman–Crippen MR) is 91.5 cm³/mol. The van der Waals surface area contributed by atoms with Crippen LogP contribution in [0.5, 0.6) is 0 Å². The highest BCUT2D eigenvalue weighted by molar-refractivity contribution is 5.96. The van der Waals surface area contributed by atoms with Gasteiger partial charge < -0.3 is 10.6 Å². The number of nitrogens with one attached hydrogen (secondary N) is 2. The zero-order chi connectivity index (χ0) is 17.8. The Morgan fingerprint density at radius 2 is 2.04 bits per heavy atom. The third-order valence-corrected chi connectivity index (χ3v) is 4.22. The van der Waals surface area contributed by atoms with E-state index in [0.717, 1.165) is 5.56 Å². The summed E-state index contributed by atoms with van der Waals surface area (Å²) < 4.78 is 13.0. The van der Waals surface area contributed by atoms with E-state index < -0.39 is 6.04 Å². The van der Waals surface area contributed by atoms with Gasteiger partial charge in [0.05, 0.1) is 0 Å². The molecule has 25 heavy (non-hydrogen) atoms. The van der Waals surface area contributed by atoms with Crippen LogP contribution in [0.25, 0.3) is 0 Å². The van der Waals surface area contributed by atoms with Crippen molar-refractivity contribution in [2.45, 2.75) is 25.8 Å². The van der Waals surface area contributed by atoms with Crippen molar-refractivity contribution < 1.29 is 14.0 Å². The Bertz CT molecular complexity index is 776. The van der Waals surface area contributed by atoms with Gasteiger partial charge in [-0.15, -0.1) is 0 Å². The first-order valence-electron chi connectivity index (χ1n) is 8.30. The Hall–Kier alpha value is -2.76. The number of rotatable bonds is 4. The molecular formula is C19H20FN3O2. The van der Waals surface area contributed by atoms with E-state index in [2.05, 4.69) is 15.6 Å². The minimum Gasteiger partial charge on any atom is -0.354 e. The third-order valence-electron chi connectivity index (χ3n) is 4.22. The summed E-state index contributed by atoms with van der Waals surface area (Å²) in [6.07, 6.45) is 1.12. The van der Waals surface area contributed by atoms with Crippen LogP contribution in [0.2, 0.25) is 0 Å². The normalized spacial score (nSPS) is 20.0. The lowest BCUT2D eigenvalue weighted by Gasteiger charge is -2.27. The quantitative estimate of drug-likeness (QED) is 0.894. The van der Waals surface area contributed by atoms with Crippen LogP contribution in [-0.4, -0.2) is 29.4 Å². The molecule has 1 aliphatic heterocycles. The molecule has 2 aromatic rings. The van der Waals surface area contributed by atoms with Crippen molar-refractivity contribution in [3.8, 4) is 0 Å². The summed E-state index contributed by atoms with van der Waals surface area (Å²) in [6.45, 7) is 2.66. The van der Waals surface area contributed by atoms with E-state index in [0.29, 0.717) is 31.0 Å². The van der Waals surface area contributed by atoms with Crippen LogP contribution in [-0.2, 0) is 11.2 Å². The SMILES string of the molecule is CC1CNC(=O)[C@@H](NC(=O)c2cccc(Cc3ccc(F)cc3)n2)C1. The Labute approximate surface area is 145 Å². The van der Waals surface area contributed by atoms with E-state index in [1.165, 1.54) is 12.1 Å².